The van der Waals surface area contributed by atoms with Crippen LogP contribution in [0.2, 0.25) is 0 Å². The molecule has 0 aliphatic heterocycles. The van der Waals surface area contributed by atoms with Crippen LogP contribution in [0.5, 0.6) is 5.75 Å². The first-order valence-corrected chi connectivity index (χ1v) is 11.6. The van der Waals surface area contributed by atoms with Gasteiger partial charge in [0.25, 0.3) is 0 Å². The SMILES string of the molecule is CC(C)c1cccc(C(C)C)c1N=C1C(=Nc2ccc(O)cc2)c2cccc3cccc1c23. The highest BCUT2D eigenvalue weighted by Gasteiger charge is 2.28. The molecule has 0 unspecified atom stereocenters. The van der Waals surface area contributed by atoms with Crippen LogP contribution in [0.4, 0.5) is 11.4 Å². The Balaban J connectivity index is 1.82. The molecule has 0 amide bonds. The van der Waals surface area contributed by atoms with Crippen molar-refractivity contribution in [1.82, 2.24) is 0 Å². The van der Waals surface area contributed by atoms with E-state index >= 15 is 0 Å². The highest BCUT2D eigenvalue weighted by atomic mass is 16.3. The van der Waals surface area contributed by atoms with E-state index in [-0.39, 0.29) is 5.75 Å². The van der Waals surface area contributed by atoms with Crippen LogP contribution in [0.3, 0.4) is 0 Å². The first kappa shape index (κ1) is 21.1. The third-order valence-electron chi connectivity index (χ3n) is 6.30. The molecule has 5 rings (SSSR count). The lowest BCUT2D eigenvalue weighted by molar-refractivity contribution is 0.475. The van der Waals surface area contributed by atoms with Crippen molar-refractivity contribution in [3.8, 4) is 5.75 Å². The van der Waals surface area contributed by atoms with Gasteiger partial charge in [0.1, 0.15) is 5.75 Å². The molecule has 3 nitrogen and oxygen atoms in total. The monoisotopic (exact) mass is 432 g/mol. The van der Waals surface area contributed by atoms with E-state index in [1.807, 2.05) is 12.1 Å². The van der Waals surface area contributed by atoms with Gasteiger partial charge in [-0.2, -0.15) is 0 Å². The zero-order chi connectivity index (χ0) is 23.1. The number of phenols is 1. The first-order valence-electron chi connectivity index (χ1n) is 11.6. The van der Waals surface area contributed by atoms with Crippen molar-refractivity contribution in [1.29, 1.82) is 0 Å². The van der Waals surface area contributed by atoms with Gasteiger partial charge < -0.3 is 5.11 Å². The number of benzene rings is 4. The first-order chi connectivity index (χ1) is 15.9. The highest BCUT2D eigenvalue weighted by Crippen LogP contribution is 2.39. The third kappa shape index (κ3) is 3.74. The molecule has 0 spiro atoms. The van der Waals surface area contributed by atoms with Crippen molar-refractivity contribution in [3.63, 3.8) is 0 Å². The Labute approximate surface area is 195 Å². The van der Waals surface area contributed by atoms with Crippen molar-refractivity contribution >= 4 is 33.6 Å². The number of aromatic hydroxyl groups is 1. The van der Waals surface area contributed by atoms with Crippen molar-refractivity contribution in [3.05, 3.63) is 101 Å². The van der Waals surface area contributed by atoms with Gasteiger partial charge >= 0.3 is 0 Å². The van der Waals surface area contributed by atoms with Crippen molar-refractivity contribution in [2.24, 2.45) is 9.98 Å². The van der Waals surface area contributed by atoms with Crippen molar-refractivity contribution in [2.45, 2.75) is 39.5 Å². The Kier molecular flexibility index (Phi) is 5.33. The van der Waals surface area contributed by atoms with Crippen LogP contribution in [0.25, 0.3) is 10.8 Å². The van der Waals surface area contributed by atoms with Crippen LogP contribution in [-0.4, -0.2) is 16.5 Å². The zero-order valence-electron chi connectivity index (χ0n) is 19.5. The fourth-order valence-electron chi connectivity index (χ4n) is 4.63. The predicted octanol–water partition coefficient (Wildman–Crippen LogP) is 8.05. The van der Waals surface area contributed by atoms with Crippen LogP contribution in [0.15, 0.2) is 88.8 Å². The van der Waals surface area contributed by atoms with Crippen LogP contribution in [0.1, 0.15) is 61.8 Å². The Morgan fingerprint density at radius 3 is 1.67 bits per heavy atom. The maximum absolute atomic E-state index is 9.72. The molecule has 0 aromatic heterocycles. The quantitative estimate of drug-likeness (QED) is 0.348. The maximum atomic E-state index is 9.72. The summed E-state index contributed by atoms with van der Waals surface area (Å²) < 4.78 is 0. The van der Waals surface area contributed by atoms with E-state index in [9.17, 15) is 5.11 Å². The molecular weight excluding hydrogens is 404 g/mol. The Morgan fingerprint density at radius 1 is 0.606 bits per heavy atom. The molecule has 0 atom stereocenters. The van der Waals surface area contributed by atoms with Gasteiger partial charge in [-0.15, -0.1) is 0 Å². The maximum Gasteiger partial charge on any atom is 0.115 e. The number of nitrogens with zero attached hydrogens (tertiary/aromatic N) is 2. The Morgan fingerprint density at radius 2 is 1.12 bits per heavy atom. The van der Waals surface area contributed by atoms with Gasteiger partial charge in [0.05, 0.1) is 22.8 Å². The lowest BCUT2D eigenvalue weighted by atomic mass is 9.92. The summed E-state index contributed by atoms with van der Waals surface area (Å²) in [5.41, 5.74) is 8.35. The lowest BCUT2D eigenvalue weighted by Crippen LogP contribution is -2.11. The molecular formula is C30H28N2O. The van der Waals surface area contributed by atoms with Crippen LogP contribution < -0.4 is 0 Å². The summed E-state index contributed by atoms with van der Waals surface area (Å²) in [7, 11) is 0. The van der Waals surface area contributed by atoms with Crippen molar-refractivity contribution < 1.29 is 5.11 Å². The Hall–Kier alpha value is -3.72. The molecule has 0 radical (unpaired) electrons. The van der Waals surface area contributed by atoms with E-state index < -0.39 is 0 Å². The molecule has 0 fully saturated rings. The molecule has 4 aromatic carbocycles. The van der Waals surface area contributed by atoms with Crippen LogP contribution in [-0.2, 0) is 0 Å². The fourth-order valence-corrected chi connectivity index (χ4v) is 4.63. The molecule has 164 valence electrons. The summed E-state index contributed by atoms with van der Waals surface area (Å²) in [6.07, 6.45) is 0. The van der Waals surface area contributed by atoms with Crippen LogP contribution in [0, 0.1) is 0 Å². The number of hydrogen-bond donors (Lipinski definition) is 1. The van der Waals surface area contributed by atoms with Gasteiger partial charge in [-0.3, -0.25) is 0 Å². The van der Waals surface area contributed by atoms with Gasteiger partial charge in [-0.05, 0) is 52.6 Å². The van der Waals surface area contributed by atoms with Gasteiger partial charge in [0.2, 0.25) is 0 Å². The number of rotatable bonds is 4. The second kappa shape index (κ2) is 8.32. The minimum atomic E-state index is 0.233. The minimum Gasteiger partial charge on any atom is -0.508 e. The highest BCUT2D eigenvalue weighted by molar-refractivity contribution is 6.61. The van der Waals surface area contributed by atoms with E-state index in [1.165, 1.54) is 21.9 Å². The van der Waals surface area contributed by atoms with Gasteiger partial charge in [-0.25, -0.2) is 9.98 Å². The van der Waals surface area contributed by atoms with E-state index in [4.69, 9.17) is 9.98 Å². The van der Waals surface area contributed by atoms with E-state index in [0.29, 0.717) is 11.8 Å². The van der Waals surface area contributed by atoms with Gasteiger partial charge in [0, 0.05) is 16.5 Å². The number of phenolic OH excluding ortho intramolecular Hbond substituents is 1. The minimum absolute atomic E-state index is 0.233. The summed E-state index contributed by atoms with van der Waals surface area (Å²) in [4.78, 5) is 10.4. The van der Waals surface area contributed by atoms with Crippen molar-refractivity contribution in [2.75, 3.05) is 0 Å². The lowest BCUT2D eigenvalue weighted by Gasteiger charge is -2.17. The average molecular weight is 433 g/mol. The predicted molar refractivity (Wildman–Crippen MR) is 139 cm³/mol. The second-order valence-corrected chi connectivity index (χ2v) is 9.24. The molecule has 0 saturated carbocycles. The molecule has 0 saturated heterocycles. The van der Waals surface area contributed by atoms with Gasteiger partial charge in [-0.1, -0.05) is 82.3 Å². The molecule has 1 aliphatic rings. The second-order valence-electron chi connectivity index (χ2n) is 9.24. The summed E-state index contributed by atoms with van der Waals surface area (Å²) in [5, 5.41) is 12.1. The summed E-state index contributed by atoms with van der Waals surface area (Å²) >= 11 is 0. The smallest absolute Gasteiger partial charge is 0.115 e. The van der Waals surface area contributed by atoms with E-state index in [0.717, 1.165) is 33.9 Å². The molecule has 3 heteroatoms. The molecule has 1 N–H and O–H groups in total. The third-order valence-corrected chi connectivity index (χ3v) is 6.30. The summed E-state index contributed by atoms with van der Waals surface area (Å²) in [6, 6.07) is 26.3. The molecule has 33 heavy (non-hydrogen) atoms. The Bertz CT molecular complexity index is 1380. The zero-order valence-corrected chi connectivity index (χ0v) is 19.5. The number of aliphatic imine (C=N–C) groups is 2. The summed E-state index contributed by atoms with van der Waals surface area (Å²) in [5.74, 6) is 0.956. The summed E-state index contributed by atoms with van der Waals surface area (Å²) in [6.45, 7) is 8.88. The molecule has 1 aliphatic carbocycles. The number of para-hydroxylation sites is 1. The topological polar surface area (TPSA) is 45.0 Å². The number of hydrogen-bond acceptors (Lipinski definition) is 3. The average Bonchev–Trinajstić information content (AvgIpc) is 3.09. The largest absolute Gasteiger partial charge is 0.508 e. The van der Waals surface area contributed by atoms with E-state index in [2.05, 4.69) is 82.3 Å². The van der Waals surface area contributed by atoms with Crippen LogP contribution >= 0.6 is 0 Å². The standard InChI is InChI=1S/C30H28N2O/c1-18(2)23-10-7-11-24(19(3)4)28(23)32-30-26-13-6-9-20-8-5-12-25(27(20)26)29(30)31-21-14-16-22(33)17-15-21/h5-19,33H,1-4H3. The normalized spacial score (nSPS) is 15.5. The fraction of sp³-hybridized carbons (Fsp3) is 0.200. The molecule has 4 aromatic rings. The molecule has 0 heterocycles. The van der Waals surface area contributed by atoms with Gasteiger partial charge in [0.15, 0.2) is 0 Å². The molecule has 0 bridgehead atoms. The van der Waals surface area contributed by atoms with E-state index in [1.54, 1.807) is 12.1 Å².